The minimum Gasteiger partial charge on any atom is -0.389 e. The largest absolute Gasteiger partial charge is 0.389 e. The molecule has 106 valence electrons. The number of benzene rings is 2. The Morgan fingerprint density at radius 2 is 1.90 bits per heavy atom. The van der Waals surface area contributed by atoms with Crippen LogP contribution in [0.4, 0.5) is 5.69 Å². The zero-order chi connectivity index (χ0) is 14.7. The first-order chi connectivity index (χ1) is 9.56. The van der Waals surface area contributed by atoms with Gasteiger partial charge in [0.25, 0.3) is 0 Å². The predicted octanol–water partition coefficient (Wildman–Crippen LogP) is 3.66. The van der Waals surface area contributed by atoms with Crippen molar-refractivity contribution >= 4 is 45.4 Å². The minimum atomic E-state index is 0.451. The van der Waals surface area contributed by atoms with E-state index in [0.717, 1.165) is 16.7 Å². The van der Waals surface area contributed by atoms with Crippen molar-refractivity contribution in [1.29, 1.82) is 0 Å². The molecule has 1 unspecified atom stereocenters. The van der Waals surface area contributed by atoms with Gasteiger partial charge in [-0.15, -0.1) is 0 Å². The van der Waals surface area contributed by atoms with E-state index < -0.39 is 0 Å². The van der Waals surface area contributed by atoms with Crippen LogP contribution in [0.1, 0.15) is 12.5 Å². The first-order valence-corrected chi connectivity index (χ1v) is 8.39. The van der Waals surface area contributed by atoms with Crippen molar-refractivity contribution in [3.05, 3.63) is 42.0 Å². The molecule has 2 nitrogen and oxygen atoms in total. The molecule has 0 amide bonds. The van der Waals surface area contributed by atoms with Crippen molar-refractivity contribution in [3.8, 4) is 0 Å². The van der Waals surface area contributed by atoms with Gasteiger partial charge in [0.05, 0.1) is 0 Å². The molecule has 0 fully saturated rings. The summed E-state index contributed by atoms with van der Waals surface area (Å²) in [5.74, 6) is 1.10. The smallest absolute Gasteiger partial charge is 0.104 e. The van der Waals surface area contributed by atoms with Crippen molar-refractivity contribution in [1.82, 2.24) is 0 Å². The number of anilines is 1. The van der Waals surface area contributed by atoms with E-state index in [1.54, 1.807) is 0 Å². The summed E-state index contributed by atoms with van der Waals surface area (Å²) >= 11 is 7.02. The maximum absolute atomic E-state index is 5.83. The molecular weight excluding hydrogens is 284 g/mol. The monoisotopic (exact) mass is 304 g/mol. The fourth-order valence-electron chi connectivity index (χ4n) is 2.40. The number of fused-ring (bicyclic) bond motifs is 1. The third-order valence-electron chi connectivity index (χ3n) is 3.62. The summed E-state index contributed by atoms with van der Waals surface area (Å²) in [4.78, 5) is 2.77. The van der Waals surface area contributed by atoms with Gasteiger partial charge in [0.1, 0.15) is 4.99 Å². The van der Waals surface area contributed by atoms with E-state index in [9.17, 15) is 0 Å². The van der Waals surface area contributed by atoms with Crippen LogP contribution in [-0.2, 0) is 0 Å². The lowest BCUT2D eigenvalue weighted by Crippen LogP contribution is -2.31. The second-order valence-corrected chi connectivity index (χ2v) is 6.31. The maximum Gasteiger partial charge on any atom is 0.104 e. The van der Waals surface area contributed by atoms with Gasteiger partial charge < -0.3 is 10.6 Å². The van der Waals surface area contributed by atoms with E-state index >= 15 is 0 Å². The summed E-state index contributed by atoms with van der Waals surface area (Å²) in [6, 6.07) is 12.9. The molecule has 2 aromatic rings. The first-order valence-electron chi connectivity index (χ1n) is 6.59. The molecule has 2 rings (SSSR count). The van der Waals surface area contributed by atoms with Crippen molar-refractivity contribution in [2.45, 2.75) is 13.0 Å². The lowest BCUT2D eigenvalue weighted by Gasteiger charge is -2.28. The van der Waals surface area contributed by atoms with Crippen LogP contribution in [-0.4, -0.2) is 30.1 Å². The van der Waals surface area contributed by atoms with Gasteiger partial charge in [-0.25, -0.2) is 0 Å². The lowest BCUT2D eigenvalue weighted by molar-refractivity contribution is 0.768. The molecule has 0 bridgehead atoms. The van der Waals surface area contributed by atoms with Gasteiger partial charge in [0, 0.05) is 35.5 Å². The van der Waals surface area contributed by atoms with Crippen molar-refractivity contribution in [2.24, 2.45) is 5.73 Å². The van der Waals surface area contributed by atoms with E-state index in [1.165, 1.54) is 11.1 Å². The quantitative estimate of drug-likeness (QED) is 0.854. The van der Waals surface area contributed by atoms with E-state index in [0.29, 0.717) is 11.0 Å². The maximum atomic E-state index is 5.83. The zero-order valence-electron chi connectivity index (χ0n) is 12.1. The molecule has 2 aromatic carbocycles. The third-order valence-corrected chi connectivity index (χ3v) is 4.65. The molecule has 20 heavy (non-hydrogen) atoms. The number of hydrogen-bond acceptors (Lipinski definition) is 3. The molecule has 0 heterocycles. The highest BCUT2D eigenvalue weighted by Crippen LogP contribution is 2.30. The normalized spacial score (nSPS) is 12.3. The van der Waals surface area contributed by atoms with Gasteiger partial charge in [-0.3, -0.25) is 0 Å². The molecule has 0 saturated carbocycles. The Bertz CT molecular complexity index is 625. The molecule has 4 heteroatoms. The van der Waals surface area contributed by atoms with E-state index in [-0.39, 0.29) is 0 Å². The van der Waals surface area contributed by atoms with Crippen LogP contribution in [0.25, 0.3) is 10.8 Å². The Kier molecular flexibility index (Phi) is 4.89. The van der Waals surface area contributed by atoms with Gasteiger partial charge in [0.15, 0.2) is 0 Å². The summed E-state index contributed by atoms with van der Waals surface area (Å²) in [6.45, 7) is 2.24. The second-order valence-electron chi connectivity index (χ2n) is 4.96. The highest BCUT2D eigenvalue weighted by atomic mass is 32.2. The van der Waals surface area contributed by atoms with Gasteiger partial charge in [-0.05, 0) is 30.7 Å². The summed E-state index contributed by atoms with van der Waals surface area (Å²) in [6.07, 6.45) is 2.14. The van der Waals surface area contributed by atoms with Crippen molar-refractivity contribution in [3.63, 3.8) is 0 Å². The Morgan fingerprint density at radius 3 is 2.50 bits per heavy atom. The Labute approximate surface area is 130 Å². The summed E-state index contributed by atoms with van der Waals surface area (Å²) in [5, 5.41) is 2.33. The highest BCUT2D eigenvalue weighted by molar-refractivity contribution is 7.98. The predicted molar refractivity (Wildman–Crippen MR) is 96.1 cm³/mol. The van der Waals surface area contributed by atoms with E-state index in [1.807, 2.05) is 23.9 Å². The van der Waals surface area contributed by atoms with Crippen LogP contribution in [0, 0.1) is 0 Å². The molecule has 1 atom stereocenters. The van der Waals surface area contributed by atoms with Crippen LogP contribution in [0.15, 0.2) is 36.4 Å². The van der Waals surface area contributed by atoms with Gasteiger partial charge in [0.2, 0.25) is 0 Å². The van der Waals surface area contributed by atoms with Crippen LogP contribution in [0.5, 0.6) is 0 Å². The van der Waals surface area contributed by atoms with Crippen LogP contribution in [0.2, 0.25) is 0 Å². The van der Waals surface area contributed by atoms with Crippen LogP contribution in [0.3, 0.4) is 0 Å². The Morgan fingerprint density at radius 1 is 1.25 bits per heavy atom. The average Bonchev–Trinajstić information content (AvgIpc) is 2.45. The van der Waals surface area contributed by atoms with Crippen LogP contribution >= 0.6 is 24.0 Å². The third kappa shape index (κ3) is 2.91. The van der Waals surface area contributed by atoms with Crippen molar-refractivity contribution < 1.29 is 0 Å². The molecule has 0 aliphatic carbocycles. The molecule has 0 spiro atoms. The SMILES string of the molecule is CSCC(C)N(C)c1ccc(C(N)=S)c2ccccc12. The molecule has 0 aliphatic heterocycles. The summed E-state index contributed by atoms with van der Waals surface area (Å²) in [7, 11) is 2.14. The number of hydrogen-bond donors (Lipinski definition) is 1. The number of rotatable bonds is 5. The van der Waals surface area contributed by atoms with Crippen LogP contribution < -0.4 is 10.6 Å². The molecule has 0 saturated heterocycles. The fraction of sp³-hybridized carbons (Fsp3) is 0.312. The standard InChI is InChI=1S/C16H20N2S2/c1-11(10-20-3)18(2)15-9-8-14(16(17)19)12-6-4-5-7-13(12)15/h4-9,11H,10H2,1-3H3,(H2,17,19). The average molecular weight is 304 g/mol. The lowest BCUT2D eigenvalue weighted by atomic mass is 10.0. The molecular formula is C16H20N2S2. The van der Waals surface area contributed by atoms with E-state index in [2.05, 4.69) is 49.4 Å². The van der Waals surface area contributed by atoms with Gasteiger partial charge in [-0.2, -0.15) is 11.8 Å². The van der Waals surface area contributed by atoms with Crippen molar-refractivity contribution in [2.75, 3.05) is 24.0 Å². The number of thiocarbonyl (C=S) groups is 1. The topological polar surface area (TPSA) is 29.3 Å². The molecule has 0 aromatic heterocycles. The van der Waals surface area contributed by atoms with Gasteiger partial charge in [-0.1, -0.05) is 36.5 Å². The summed E-state index contributed by atoms with van der Waals surface area (Å²) < 4.78 is 0. The van der Waals surface area contributed by atoms with Gasteiger partial charge >= 0.3 is 0 Å². The minimum absolute atomic E-state index is 0.451. The first kappa shape index (κ1) is 15.1. The second kappa shape index (κ2) is 6.46. The number of thioether (sulfide) groups is 1. The number of nitrogens with zero attached hydrogens (tertiary/aromatic N) is 1. The highest BCUT2D eigenvalue weighted by Gasteiger charge is 2.14. The number of nitrogens with two attached hydrogens (primary N) is 1. The molecule has 2 N–H and O–H groups in total. The zero-order valence-corrected chi connectivity index (χ0v) is 13.7. The Hall–Kier alpha value is -1.26. The molecule has 0 radical (unpaired) electrons. The van der Waals surface area contributed by atoms with E-state index in [4.69, 9.17) is 18.0 Å². The fourth-order valence-corrected chi connectivity index (χ4v) is 3.28. The molecule has 0 aliphatic rings. The summed E-state index contributed by atoms with van der Waals surface area (Å²) in [5.41, 5.74) is 8.00. The Balaban J connectivity index is 2.56.